The fourth-order valence-corrected chi connectivity index (χ4v) is 3.57. The summed E-state index contributed by atoms with van der Waals surface area (Å²) in [7, 11) is 1.56. The smallest absolute Gasteiger partial charge is 0.329 e. The predicted octanol–water partition coefficient (Wildman–Crippen LogP) is 1.08. The number of nitrogens with one attached hydrogen (secondary N) is 1. The van der Waals surface area contributed by atoms with Crippen LogP contribution in [0.4, 0.5) is 10.5 Å². The van der Waals surface area contributed by atoms with Gasteiger partial charge in [0, 0.05) is 50.9 Å². The highest BCUT2D eigenvalue weighted by Crippen LogP contribution is 2.26. The number of carboxylic acid groups (broad SMARTS) is 1. The van der Waals surface area contributed by atoms with E-state index in [2.05, 4.69) is 5.32 Å². The Morgan fingerprint density at radius 2 is 2.00 bits per heavy atom. The van der Waals surface area contributed by atoms with Crippen molar-refractivity contribution in [2.24, 2.45) is 0 Å². The monoisotopic (exact) mass is 391 g/mol. The van der Waals surface area contributed by atoms with Gasteiger partial charge in [-0.25, -0.2) is 9.59 Å². The third-order valence-corrected chi connectivity index (χ3v) is 5.38. The van der Waals surface area contributed by atoms with Gasteiger partial charge in [-0.2, -0.15) is 0 Å². The molecule has 0 aromatic heterocycles. The molecule has 152 valence electrons. The number of amides is 3. The van der Waals surface area contributed by atoms with E-state index in [9.17, 15) is 19.5 Å². The lowest BCUT2D eigenvalue weighted by atomic mass is 9.90. The summed E-state index contributed by atoms with van der Waals surface area (Å²) in [6.07, 6.45) is 0.389. The molecule has 2 aliphatic heterocycles. The van der Waals surface area contributed by atoms with Gasteiger partial charge >= 0.3 is 12.0 Å². The summed E-state index contributed by atoms with van der Waals surface area (Å²) >= 11 is 0. The summed E-state index contributed by atoms with van der Waals surface area (Å²) in [6, 6.07) is 5.90. The molecule has 0 radical (unpaired) electrons. The summed E-state index contributed by atoms with van der Waals surface area (Å²) in [6.45, 7) is 2.79. The minimum atomic E-state index is -1.36. The molecule has 0 spiro atoms. The molecule has 3 amide bonds. The number of piperazine rings is 1. The number of hydrogen-bond donors (Lipinski definition) is 2. The molecule has 0 aliphatic carbocycles. The van der Waals surface area contributed by atoms with Crippen LogP contribution in [0.1, 0.15) is 19.8 Å². The molecule has 2 fully saturated rings. The zero-order valence-electron chi connectivity index (χ0n) is 16.0. The Labute approximate surface area is 163 Å². The van der Waals surface area contributed by atoms with Crippen LogP contribution in [0.25, 0.3) is 0 Å². The fourth-order valence-electron chi connectivity index (χ4n) is 3.57. The Morgan fingerprint density at radius 1 is 1.29 bits per heavy atom. The first kappa shape index (κ1) is 19.9. The number of urea groups is 1. The van der Waals surface area contributed by atoms with Crippen LogP contribution in [0.2, 0.25) is 0 Å². The summed E-state index contributed by atoms with van der Waals surface area (Å²) in [5, 5.41) is 12.3. The molecule has 0 unspecified atom stereocenters. The normalized spacial score (nSPS) is 21.9. The summed E-state index contributed by atoms with van der Waals surface area (Å²) in [5.41, 5.74) is -0.662. The fraction of sp³-hybridized carbons (Fsp3) is 0.526. The third kappa shape index (κ3) is 3.75. The van der Waals surface area contributed by atoms with Crippen LogP contribution in [0.15, 0.2) is 24.3 Å². The van der Waals surface area contributed by atoms with E-state index in [1.807, 2.05) is 6.07 Å². The maximum absolute atomic E-state index is 12.9. The van der Waals surface area contributed by atoms with E-state index < -0.39 is 23.6 Å². The van der Waals surface area contributed by atoms with Gasteiger partial charge in [0.05, 0.1) is 7.11 Å². The van der Waals surface area contributed by atoms with E-state index in [1.54, 1.807) is 37.1 Å². The highest BCUT2D eigenvalue weighted by Gasteiger charge is 2.44. The van der Waals surface area contributed by atoms with Crippen molar-refractivity contribution in [1.29, 1.82) is 0 Å². The van der Waals surface area contributed by atoms with Crippen molar-refractivity contribution in [2.75, 3.05) is 38.3 Å². The average molecular weight is 391 g/mol. The van der Waals surface area contributed by atoms with E-state index in [4.69, 9.17) is 9.47 Å². The number of carbonyl (C=O) groups is 3. The number of rotatable bonds is 4. The van der Waals surface area contributed by atoms with Gasteiger partial charge in [0.2, 0.25) is 5.91 Å². The largest absolute Gasteiger partial charge is 0.497 e. The first-order valence-electron chi connectivity index (χ1n) is 9.23. The number of methoxy groups -OCH3 is 1. The zero-order chi connectivity index (χ0) is 20.3. The van der Waals surface area contributed by atoms with Crippen LogP contribution in [-0.2, 0) is 14.3 Å². The Morgan fingerprint density at radius 3 is 2.64 bits per heavy atom. The molecular weight excluding hydrogens is 366 g/mol. The van der Waals surface area contributed by atoms with Gasteiger partial charge < -0.3 is 29.7 Å². The minimum absolute atomic E-state index is 0.195. The molecule has 0 saturated carbocycles. The predicted molar refractivity (Wildman–Crippen MR) is 100 cm³/mol. The van der Waals surface area contributed by atoms with Crippen molar-refractivity contribution in [3.8, 4) is 5.75 Å². The lowest BCUT2D eigenvalue weighted by Crippen LogP contribution is -2.65. The van der Waals surface area contributed by atoms with Crippen LogP contribution >= 0.6 is 0 Å². The number of ether oxygens (including phenoxy) is 2. The van der Waals surface area contributed by atoms with Crippen molar-refractivity contribution >= 4 is 23.6 Å². The van der Waals surface area contributed by atoms with Gasteiger partial charge in [-0.3, -0.25) is 4.79 Å². The van der Waals surface area contributed by atoms with Crippen LogP contribution in [0.3, 0.4) is 0 Å². The number of carboxylic acids is 1. The zero-order valence-corrected chi connectivity index (χ0v) is 16.0. The molecule has 9 heteroatoms. The summed E-state index contributed by atoms with van der Waals surface area (Å²) in [4.78, 5) is 40.4. The molecule has 3 rings (SSSR count). The Hall–Kier alpha value is -2.81. The Kier molecular flexibility index (Phi) is 5.73. The van der Waals surface area contributed by atoms with E-state index in [-0.39, 0.29) is 32.0 Å². The third-order valence-electron chi connectivity index (χ3n) is 5.38. The van der Waals surface area contributed by atoms with Crippen LogP contribution in [0, 0.1) is 0 Å². The van der Waals surface area contributed by atoms with Gasteiger partial charge in [0.25, 0.3) is 0 Å². The number of benzene rings is 1. The quantitative estimate of drug-likeness (QED) is 0.795. The molecule has 28 heavy (non-hydrogen) atoms. The molecule has 1 aromatic carbocycles. The number of aliphatic carboxylic acids is 1. The van der Waals surface area contributed by atoms with Gasteiger partial charge in [-0.1, -0.05) is 6.07 Å². The maximum atomic E-state index is 12.9. The average Bonchev–Trinajstić information content (AvgIpc) is 2.70. The van der Waals surface area contributed by atoms with Crippen molar-refractivity contribution < 1.29 is 29.0 Å². The Bertz CT molecular complexity index is 762. The van der Waals surface area contributed by atoms with Gasteiger partial charge in [-0.05, 0) is 19.1 Å². The molecule has 1 aromatic rings. The molecular formula is C19H25N3O6. The lowest BCUT2D eigenvalue weighted by Gasteiger charge is -2.41. The summed E-state index contributed by atoms with van der Waals surface area (Å²) < 4.78 is 10.4. The molecule has 2 saturated heterocycles. The van der Waals surface area contributed by atoms with Crippen LogP contribution < -0.4 is 15.0 Å². The van der Waals surface area contributed by atoms with E-state index in [1.165, 1.54) is 4.90 Å². The molecule has 2 N–H and O–H groups in total. The van der Waals surface area contributed by atoms with Crippen molar-refractivity contribution in [3.05, 3.63) is 24.3 Å². The second kappa shape index (κ2) is 8.05. The first-order valence-corrected chi connectivity index (χ1v) is 9.23. The van der Waals surface area contributed by atoms with E-state index >= 15 is 0 Å². The van der Waals surface area contributed by atoms with Crippen molar-refractivity contribution in [3.63, 3.8) is 0 Å². The van der Waals surface area contributed by atoms with Crippen molar-refractivity contribution in [2.45, 2.75) is 31.3 Å². The van der Waals surface area contributed by atoms with Crippen LogP contribution in [0.5, 0.6) is 5.75 Å². The highest BCUT2D eigenvalue weighted by molar-refractivity contribution is 6.00. The first-order chi connectivity index (χ1) is 13.4. The van der Waals surface area contributed by atoms with Crippen molar-refractivity contribution in [1.82, 2.24) is 10.2 Å². The Balaban J connectivity index is 1.72. The minimum Gasteiger partial charge on any atom is -0.497 e. The molecule has 1 atom stereocenters. The lowest BCUT2D eigenvalue weighted by molar-refractivity contribution is -0.148. The van der Waals surface area contributed by atoms with Gasteiger partial charge in [-0.15, -0.1) is 0 Å². The topological polar surface area (TPSA) is 108 Å². The number of hydrogen-bond acceptors (Lipinski definition) is 5. The highest BCUT2D eigenvalue weighted by atomic mass is 16.5. The second-order valence-electron chi connectivity index (χ2n) is 6.99. The van der Waals surface area contributed by atoms with E-state index in [0.29, 0.717) is 24.5 Å². The van der Waals surface area contributed by atoms with Gasteiger partial charge in [0.15, 0.2) is 0 Å². The number of nitrogens with zero attached hydrogens (tertiary/aromatic N) is 2. The standard InChI is InChI=1S/C19H25N3O6/c1-13-16(23)22(14-4-3-5-15(12-14)27-2)9-8-21(13)18(26)20-19(17(24)25)6-10-28-11-7-19/h3-5,12-13H,6-11H2,1-2H3,(H,20,26)(H,24,25)/t13-/m0/s1. The second-order valence-corrected chi connectivity index (χ2v) is 6.99. The molecule has 0 bridgehead atoms. The molecule has 9 nitrogen and oxygen atoms in total. The molecule has 2 aliphatic rings. The summed E-state index contributed by atoms with van der Waals surface area (Å²) in [5.74, 6) is -0.676. The number of anilines is 1. The SMILES string of the molecule is COc1cccc(N2CCN(C(=O)NC3(C(=O)O)CCOCC3)[C@@H](C)C2=O)c1. The van der Waals surface area contributed by atoms with Crippen LogP contribution in [-0.4, -0.2) is 72.9 Å². The molecule has 2 heterocycles. The van der Waals surface area contributed by atoms with Gasteiger partial charge in [0.1, 0.15) is 17.3 Å². The maximum Gasteiger partial charge on any atom is 0.329 e. The van der Waals surface area contributed by atoms with E-state index in [0.717, 1.165) is 0 Å². The number of carbonyl (C=O) groups excluding carboxylic acids is 2.